The van der Waals surface area contributed by atoms with E-state index in [1.165, 1.54) is 11.3 Å². The highest BCUT2D eigenvalue weighted by atomic mass is 19.4. The molecule has 0 spiro atoms. The van der Waals surface area contributed by atoms with Gasteiger partial charge < -0.3 is 4.90 Å². The van der Waals surface area contributed by atoms with Gasteiger partial charge in [-0.2, -0.15) is 13.2 Å². The van der Waals surface area contributed by atoms with E-state index < -0.39 is 11.7 Å². The van der Waals surface area contributed by atoms with Crippen molar-refractivity contribution in [2.45, 2.75) is 43.9 Å². The third-order valence-corrected chi connectivity index (χ3v) is 4.42. The lowest BCUT2D eigenvalue weighted by Gasteiger charge is -2.28. The number of benzene rings is 1. The monoisotopic (exact) mass is 284 g/mol. The molecule has 1 N–H and O–H groups in total. The zero-order chi connectivity index (χ0) is 14.4. The van der Waals surface area contributed by atoms with E-state index in [2.05, 4.69) is 17.3 Å². The topological polar surface area (TPSA) is 15.3 Å². The highest BCUT2D eigenvalue weighted by molar-refractivity contribution is 5.56. The van der Waals surface area contributed by atoms with Gasteiger partial charge in [-0.1, -0.05) is 12.1 Å². The molecule has 1 aliphatic heterocycles. The molecule has 20 heavy (non-hydrogen) atoms. The first-order valence-electron chi connectivity index (χ1n) is 7.06. The third-order valence-electron chi connectivity index (χ3n) is 4.42. The van der Waals surface area contributed by atoms with Gasteiger partial charge in [-0.25, -0.2) is 0 Å². The van der Waals surface area contributed by atoms with Crippen molar-refractivity contribution in [1.29, 1.82) is 0 Å². The predicted molar refractivity (Wildman–Crippen MR) is 72.9 cm³/mol. The van der Waals surface area contributed by atoms with Crippen LogP contribution in [0.5, 0.6) is 0 Å². The van der Waals surface area contributed by atoms with Crippen LogP contribution in [0.4, 0.5) is 18.9 Å². The highest BCUT2D eigenvalue weighted by Crippen LogP contribution is 2.49. The number of nitrogens with one attached hydrogen (secondary N) is 1. The molecule has 1 saturated carbocycles. The van der Waals surface area contributed by atoms with E-state index in [-0.39, 0.29) is 19.4 Å². The summed E-state index contributed by atoms with van der Waals surface area (Å²) < 4.78 is 38.6. The fourth-order valence-electron chi connectivity index (χ4n) is 2.91. The van der Waals surface area contributed by atoms with E-state index in [9.17, 15) is 13.2 Å². The lowest BCUT2D eigenvalue weighted by atomic mass is 9.99. The number of nitrogens with zero attached hydrogens (tertiary/aromatic N) is 1. The van der Waals surface area contributed by atoms with Crippen molar-refractivity contribution < 1.29 is 13.2 Å². The van der Waals surface area contributed by atoms with Crippen molar-refractivity contribution in [2.24, 2.45) is 0 Å². The normalized spacial score (nSPS) is 20.7. The maximum absolute atomic E-state index is 12.9. The number of anilines is 1. The van der Waals surface area contributed by atoms with Gasteiger partial charge in [0.15, 0.2) is 0 Å². The summed E-state index contributed by atoms with van der Waals surface area (Å²) in [7, 11) is 2.05. The Bertz CT molecular complexity index is 506. The number of rotatable bonds is 3. The van der Waals surface area contributed by atoms with Crippen molar-refractivity contribution in [1.82, 2.24) is 5.32 Å². The molecule has 1 aromatic carbocycles. The van der Waals surface area contributed by atoms with E-state index in [1.54, 1.807) is 0 Å². The smallest absolute Gasteiger partial charge is 0.374 e. The van der Waals surface area contributed by atoms with Gasteiger partial charge in [0.25, 0.3) is 0 Å². The fraction of sp³-hybridized carbons (Fsp3) is 0.600. The summed E-state index contributed by atoms with van der Waals surface area (Å²) >= 11 is 0. The zero-order valence-corrected chi connectivity index (χ0v) is 11.6. The maximum Gasteiger partial charge on any atom is 0.406 e. The average molecular weight is 284 g/mol. The standard InChI is InChI=1S/C15H19F3N2/c1-20-8-2-3-12-9-11(4-5-13(12)20)10-19-14(6-7-14)15(16,17)18/h4-5,9,19H,2-3,6-8,10H2,1H3. The molecular weight excluding hydrogens is 265 g/mol. The largest absolute Gasteiger partial charge is 0.406 e. The summed E-state index contributed by atoms with van der Waals surface area (Å²) in [5.74, 6) is 0. The second-order valence-corrected chi connectivity index (χ2v) is 5.92. The summed E-state index contributed by atoms with van der Waals surface area (Å²) in [6, 6.07) is 6.00. The number of hydrogen-bond acceptors (Lipinski definition) is 2. The van der Waals surface area contributed by atoms with Crippen LogP contribution < -0.4 is 10.2 Å². The molecule has 0 bridgehead atoms. The molecule has 0 unspecified atom stereocenters. The van der Waals surface area contributed by atoms with Gasteiger partial charge in [-0.15, -0.1) is 0 Å². The van der Waals surface area contributed by atoms with Crippen molar-refractivity contribution in [3.8, 4) is 0 Å². The molecular formula is C15H19F3N2. The van der Waals surface area contributed by atoms with Crippen LogP contribution in [0.3, 0.4) is 0 Å². The lowest BCUT2D eigenvalue weighted by molar-refractivity contribution is -0.166. The van der Waals surface area contributed by atoms with Gasteiger partial charge in [0, 0.05) is 25.8 Å². The molecule has 2 nitrogen and oxygen atoms in total. The summed E-state index contributed by atoms with van der Waals surface area (Å²) in [4.78, 5) is 2.20. The molecule has 1 fully saturated rings. The molecule has 0 radical (unpaired) electrons. The van der Waals surface area contributed by atoms with Crippen molar-refractivity contribution in [3.05, 3.63) is 29.3 Å². The van der Waals surface area contributed by atoms with Crippen LogP contribution >= 0.6 is 0 Å². The minimum Gasteiger partial charge on any atom is -0.374 e. The number of alkyl halides is 3. The van der Waals surface area contributed by atoms with Gasteiger partial charge in [0.05, 0.1) is 0 Å². The van der Waals surface area contributed by atoms with E-state index >= 15 is 0 Å². The SMILES string of the molecule is CN1CCCc2cc(CNC3(C(F)(F)F)CC3)ccc21. The van der Waals surface area contributed by atoms with Crippen LogP contribution in [-0.4, -0.2) is 25.3 Å². The number of halogens is 3. The Kier molecular flexibility index (Phi) is 3.20. The molecule has 110 valence electrons. The summed E-state index contributed by atoms with van der Waals surface area (Å²) in [6.07, 6.45) is -1.62. The van der Waals surface area contributed by atoms with Crippen LogP contribution in [-0.2, 0) is 13.0 Å². The van der Waals surface area contributed by atoms with Crippen LogP contribution in [0.25, 0.3) is 0 Å². The predicted octanol–water partition coefficient (Wildman–Crippen LogP) is 3.25. The first-order valence-corrected chi connectivity index (χ1v) is 7.06. The molecule has 0 atom stereocenters. The summed E-state index contributed by atoms with van der Waals surface area (Å²) in [5.41, 5.74) is 1.76. The van der Waals surface area contributed by atoms with E-state index in [1.807, 2.05) is 18.2 Å². The highest BCUT2D eigenvalue weighted by Gasteiger charge is 2.62. The van der Waals surface area contributed by atoms with Gasteiger partial charge >= 0.3 is 6.18 Å². The maximum atomic E-state index is 12.9. The second kappa shape index (κ2) is 4.65. The average Bonchev–Trinajstić information content (AvgIpc) is 3.17. The van der Waals surface area contributed by atoms with Crippen LogP contribution in [0, 0.1) is 0 Å². The molecule has 5 heteroatoms. The Labute approximate surface area is 117 Å². The van der Waals surface area contributed by atoms with E-state index in [4.69, 9.17) is 0 Å². The van der Waals surface area contributed by atoms with Crippen LogP contribution in [0.15, 0.2) is 18.2 Å². The molecule has 0 saturated heterocycles. The second-order valence-electron chi connectivity index (χ2n) is 5.92. The Hall–Kier alpha value is -1.23. The van der Waals surface area contributed by atoms with Crippen molar-refractivity contribution >= 4 is 5.69 Å². The first-order chi connectivity index (χ1) is 9.41. The Morgan fingerprint density at radius 1 is 1.30 bits per heavy atom. The molecule has 2 aliphatic rings. The minimum atomic E-state index is -4.14. The first kappa shape index (κ1) is 13.7. The summed E-state index contributed by atoms with van der Waals surface area (Å²) in [5, 5.41) is 2.71. The molecule has 3 rings (SSSR count). The van der Waals surface area contributed by atoms with E-state index in [0.29, 0.717) is 0 Å². The van der Waals surface area contributed by atoms with Gasteiger partial charge in [0.2, 0.25) is 0 Å². The molecule has 1 aliphatic carbocycles. The molecule has 1 heterocycles. The number of aryl methyl sites for hydroxylation is 1. The Balaban J connectivity index is 1.70. The third kappa shape index (κ3) is 2.39. The Morgan fingerprint density at radius 3 is 2.70 bits per heavy atom. The fourth-order valence-corrected chi connectivity index (χ4v) is 2.91. The van der Waals surface area contributed by atoms with Crippen molar-refractivity contribution in [3.63, 3.8) is 0 Å². The van der Waals surface area contributed by atoms with Gasteiger partial charge in [-0.05, 0) is 42.9 Å². The lowest BCUT2D eigenvalue weighted by Crippen LogP contribution is -2.44. The van der Waals surface area contributed by atoms with Gasteiger partial charge in [-0.3, -0.25) is 5.32 Å². The molecule has 1 aromatic rings. The number of fused-ring (bicyclic) bond motifs is 1. The van der Waals surface area contributed by atoms with Crippen molar-refractivity contribution in [2.75, 3.05) is 18.5 Å². The van der Waals surface area contributed by atoms with Crippen LogP contribution in [0.1, 0.15) is 30.4 Å². The number of hydrogen-bond donors (Lipinski definition) is 1. The molecule has 0 aromatic heterocycles. The Morgan fingerprint density at radius 2 is 2.05 bits per heavy atom. The minimum absolute atomic E-state index is 0.199. The van der Waals surface area contributed by atoms with Gasteiger partial charge in [0.1, 0.15) is 5.54 Å². The summed E-state index contributed by atoms with van der Waals surface area (Å²) in [6.45, 7) is 1.33. The molecule has 0 amide bonds. The zero-order valence-electron chi connectivity index (χ0n) is 11.6. The quantitative estimate of drug-likeness (QED) is 0.916. The van der Waals surface area contributed by atoms with Crippen LogP contribution in [0.2, 0.25) is 0 Å². The van der Waals surface area contributed by atoms with E-state index in [0.717, 1.165) is 24.9 Å².